The van der Waals surface area contributed by atoms with Crippen molar-refractivity contribution in [3.05, 3.63) is 41.8 Å². The molecule has 151 valence electrons. The van der Waals surface area contributed by atoms with Crippen LogP contribution < -0.4 is 5.32 Å². The van der Waals surface area contributed by atoms with Gasteiger partial charge in [0, 0.05) is 17.6 Å². The molecule has 1 aliphatic heterocycles. The van der Waals surface area contributed by atoms with Gasteiger partial charge in [-0.2, -0.15) is 0 Å². The Morgan fingerprint density at radius 3 is 2.52 bits per heavy atom. The maximum Gasteiger partial charge on any atom is 0.126 e. The van der Waals surface area contributed by atoms with Crippen molar-refractivity contribution in [2.45, 2.75) is 94.4 Å². The van der Waals surface area contributed by atoms with Crippen LogP contribution in [0.3, 0.4) is 0 Å². The minimum absolute atomic E-state index is 0.0921. The number of rotatable bonds is 7. The van der Waals surface area contributed by atoms with Gasteiger partial charge in [0.25, 0.3) is 0 Å². The number of nitrogens with one attached hydrogen (secondary N) is 1. The van der Waals surface area contributed by atoms with E-state index in [1.807, 2.05) is 0 Å². The summed E-state index contributed by atoms with van der Waals surface area (Å²) in [5, 5.41) is 25.6. The second kappa shape index (κ2) is 8.54. The Kier molecular flexibility index (Phi) is 6.54. The van der Waals surface area contributed by atoms with Crippen molar-refractivity contribution < 1.29 is 19.0 Å². The summed E-state index contributed by atoms with van der Waals surface area (Å²) in [5.41, 5.74) is -0.347. The van der Waals surface area contributed by atoms with Crippen LogP contribution in [-0.2, 0) is 6.42 Å². The highest BCUT2D eigenvalue weighted by Crippen LogP contribution is 2.44. The van der Waals surface area contributed by atoms with Gasteiger partial charge in [-0.15, -0.1) is 0 Å². The van der Waals surface area contributed by atoms with Crippen LogP contribution in [0.5, 0.6) is 0 Å². The van der Waals surface area contributed by atoms with Gasteiger partial charge in [0.1, 0.15) is 11.6 Å². The molecule has 1 heterocycles. The van der Waals surface area contributed by atoms with E-state index in [2.05, 4.69) is 12.2 Å². The van der Waals surface area contributed by atoms with Crippen LogP contribution in [0.15, 0.2) is 18.2 Å². The molecule has 3 nitrogen and oxygen atoms in total. The molecule has 3 N–H and O–H groups in total. The van der Waals surface area contributed by atoms with E-state index in [0.29, 0.717) is 12.0 Å². The Bertz CT molecular complexity index is 612. The number of piperidine rings is 1. The van der Waals surface area contributed by atoms with Crippen LogP contribution in [0.4, 0.5) is 8.78 Å². The van der Waals surface area contributed by atoms with Crippen LogP contribution in [-0.4, -0.2) is 33.5 Å². The average Bonchev–Trinajstić information content (AvgIpc) is 3.03. The standard InChI is InChI=1S/C22H32F2NO2/c1-2-3-10-22(27)14-19(25-21(15-22)8-4-5-9-21)20(26)7-6-16-11-17(23)13-18(24)12-16/h7,11-13,19-20,25-27H,2-6,8-10,14-15H2,1H3. The fraction of sp³-hybridized carbons (Fsp3) is 0.682. The van der Waals surface area contributed by atoms with Crippen molar-refractivity contribution in [2.24, 2.45) is 0 Å². The van der Waals surface area contributed by atoms with Crippen molar-refractivity contribution in [3.8, 4) is 0 Å². The van der Waals surface area contributed by atoms with E-state index >= 15 is 0 Å². The molecular formula is C22H32F2NO2. The summed E-state index contributed by atoms with van der Waals surface area (Å²) in [7, 11) is 0. The fourth-order valence-corrected chi connectivity index (χ4v) is 5.03. The topological polar surface area (TPSA) is 52.5 Å². The van der Waals surface area contributed by atoms with Crippen molar-refractivity contribution in [1.29, 1.82) is 0 Å². The lowest BCUT2D eigenvalue weighted by Crippen LogP contribution is -2.63. The molecule has 27 heavy (non-hydrogen) atoms. The Hall–Kier alpha value is -1.04. The minimum Gasteiger partial charge on any atom is -0.391 e. The van der Waals surface area contributed by atoms with Crippen molar-refractivity contribution >= 4 is 0 Å². The molecule has 2 fully saturated rings. The van der Waals surface area contributed by atoms with E-state index in [1.165, 1.54) is 12.1 Å². The van der Waals surface area contributed by atoms with Crippen LogP contribution in [0.25, 0.3) is 0 Å². The number of hydrogen-bond acceptors (Lipinski definition) is 3. The first-order chi connectivity index (χ1) is 12.8. The predicted octanol–water partition coefficient (Wildman–Crippen LogP) is 4.06. The monoisotopic (exact) mass is 380 g/mol. The van der Waals surface area contributed by atoms with Gasteiger partial charge >= 0.3 is 0 Å². The lowest BCUT2D eigenvalue weighted by Gasteiger charge is -2.49. The van der Waals surface area contributed by atoms with Crippen LogP contribution >= 0.6 is 0 Å². The first kappa shape index (κ1) is 20.7. The summed E-state index contributed by atoms with van der Waals surface area (Å²) in [6, 6.07) is 3.19. The molecule has 5 heteroatoms. The van der Waals surface area contributed by atoms with Crippen molar-refractivity contribution in [2.75, 3.05) is 0 Å². The van der Waals surface area contributed by atoms with Crippen molar-refractivity contribution in [1.82, 2.24) is 5.32 Å². The lowest BCUT2D eigenvalue weighted by atomic mass is 9.71. The second-order valence-electron chi connectivity index (χ2n) is 8.66. The summed E-state index contributed by atoms with van der Waals surface area (Å²) >= 11 is 0. The molecule has 0 aromatic heterocycles. The predicted molar refractivity (Wildman–Crippen MR) is 102 cm³/mol. The van der Waals surface area contributed by atoms with Gasteiger partial charge in [-0.1, -0.05) is 32.6 Å². The second-order valence-corrected chi connectivity index (χ2v) is 8.66. The molecule has 1 aromatic carbocycles. The zero-order valence-electron chi connectivity index (χ0n) is 16.2. The van der Waals surface area contributed by atoms with E-state index < -0.39 is 23.3 Å². The summed E-state index contributed by atoms with van der Waals surface area (Å²) in [6.07, 6.45) is 9.57. The van der Waals surface area contributed by atoms with Gasteiger partial charge in [0.2, 0.25) is 0 Å². The first-order valence-corrected chi connectivity index (χ1v) is 10.3. The third-order valence-electron chi connectivity index (χ3n) is 6.24. The molecule has 3 rings (SSSR count). The van der Waals surface area contributed by atoms with Crippen LogP contribution in [0, 0.1) is 18.1 Å². The lowest BCUT2D eigenvalue weighted by molar-refractivity contribution is -0.0682. The molecule has 0 bridgehead atoms. The Labute approximate surface area is 161 Å². The SMILES string of the molecule is CCCCC1(O)CC(C(O)[CH]Cc2cc(F)cc(F)c2)NC2(CCCC2)C1. The molecular weight excluding hydrogens is 348 g/mol. The number of aliphatic hydroxyl groups excluding tert-OH is 1. The van der Waals surface area contributed by atoms with Gasteiger partial charge in [0.05, 0.1) is 11.7 Å². The van der Waals surface area contributed by atoms with Gasteiger partial charge in [-0.25, -0.2) is 8.78 Å². The number of aliphatic hydroxyl groups is 2. The summed E-state index contributed by atoms with van der Waals surface area (Å²) in [4.78, 5) is 0. The summed E-state index contributed by atoms with van der Waals surface area (Å²) in [6.45, 7) is 2.12. The maximum absolute atomic E-state index is 13.4. The largest absolute Gasteiger partial charge is 0.391 e. The van der Waals surface area contributed by atoms with Gasteiger partial charge in [0.15, 0.2) is 0 Å². The normalized spacial score (nSPS) is 28.6. The number of hydrogen-bond donors (Lipinski definition) is 3. The van der Waals surface area contributed by atoms with Crippen molar-refractivity contribution in [3.63, 3.8) is 0 Å². The molecule has 1 saturated heterocycles. The summed E-state index contributed by atoms with van der Waals surface area (Å²) < 4.78 is 26.7. The third kappa shape index (κ3) is 5.27. The Morgan fingerprint density at radius 2 is 1.89 bits per heavy atom. The molecule has 3 atom stereocenters. The van der Waals surface area contributed by atoms with E-state index in [-0.39, 0.29) is 18.0 Å². The molecule has 1 radical (unpaired) electrons. The number of benzene rings is 1. The van der Waals surface area contributed by atoms with Crippen LogP contribution in [0.2, 0.25) is 0 Å². The average molecular weight is 380 g/mol. The highest BCUT2D eigenvalue weighted by atomic mass is 19.1. The smallest absolute Gasteiger partial charge is 0.126 e. The van der Waals surface area contributed by atoms with Gasteiger partial charge in [-0.3, -0.25) is 0 Å². The van der Waals surface area contributed by atoms with E-state index in [1.54, 1.807) is 6.42 Å². The molecule has 1 saturated carbocycles. The highest BCUT2D eigenvalue weighted by Gasteiger charge is 2.49. The van der Waals surface area contributed by atoms with E-state index in [0.717, 1.165) is 57.4 Å². The quantitative estimate of drug-likeness (QED) is 0.669. The fourth-order valence-electron chi connectivity index (χ4n) is 5.03. The van der Waals surface area contributed by atoms with E-state index in [9.17, 15) is 19.0 Å². The third-order valence-corrected chi connectivity index (χ3v) is 6.24. The molecule has 3 unspecified atom stereocenters. The molecule has 1 spiro atoms. The molecule has 1 aromatic rings. The zero-order valence-corrected chi connectivity index (χ0v) is 16.2. The van der Waals surface area contributed by atoms with Gasteiger partial charge in [-0.05, 0) is 62.6 Å². The Morgan fingerprint density at radius 1 is 1.22 bits per heavy atom. The number of unbranched alkanes of at least 4 members (excludes halogenated alkanes) is 1. The minimum atomic E-state index is -0.776. The van der Waals surface area contributed by atoms with E-state index in [4.69, 9.17) is 0 Å². The summed E-state index contributed by atoms with van der Waals surface area (Å²) in [5.74, 6) is -1.22. The van der Waals surface area contributed by atoms with Crippen LogP contribution in [0.1, 0.15) is 70.3 Å². The molecule has 1 aliphatic carbocycles. The maximum atomic E-state index is 13.4. The van der Waals surface area contributed by atoms with Gasteiger partial charge < -0.3 is 15.5 Å². The Balaban J connectivity index is 1.67. The molecule has 2 aliphatic rings. The molecule has 0 amide bonds. The number of halogens is 2. The zero-order chi connectivity index (χ0) is 19.5. The highest BCUT2D eigenvalue weighted by molar-refractivity contribution is 5.20. The first-order valence-electron chi connectivity index (χ1n) is 10.3.